The standard InChI is InChI=1S/C23H24N2O2S/c1-17(7-8-18-5-3-2-4-6-18)25(16-22-24-12-14-28-22)23(26)20-9-10-21-19(15-20)11-13-27-21/h2-6,9-10,12,14-15,17H,7-8,11,13,16H2,1H3. The number of fused-ring (bicyclic) bond motifs is 1. The van der Waals surface area contributed by atoms with Crippen LogP contribution in [0.4, 0.5) is 0 Å². The first-order valence-corrected chi connectivity index (χ1v) is 10.6. The van der Waals surface area contributed by atoms with Crippen LogP contribution in [0.1, 0.15) is 39.8 Å². The molecule has 0 bridgehead atoms. The fourth-order valence-electron chi connectivity index (χ4n) is 3.57. The molecule has 2 aromatic carbocycles. The highest BCUT2D eigenvalue weighted by molar-refractivity contribution is 7.09. The van der Waals surface area contributed by atoms with Crippen molar-refractivity contribution in [2.75, 3.05) is 6.61 Å². The third kappa shape index (κ3) is 4.25. The average molecular weight is 393 g/mol. The predicted molar refractivity (Wildman–Crippen MR) is 112 cm³/mol. The summed E-state index contributed by atoms with van der Waals surface area (Å²) in [5, 5.41) is 2.92. The van der Waals surface area contributed by atoms with Crippen molar-refractivity contribution in [1.82, 2.24) is 9.88 Å². The first-order chi connectivity index (χ1) is 13.7. The molecular formula is C23H24N2O2S. The number of nitrogens with zero attached hydrogens (tertiary/aromatic N) is 2. The van der Waals surface area contributed by atoms with Crippen LogP contribution in [0.3, 0.4) is 0 Å². The van der Waals surface area contributed by atoms with E-state index in [1.807, 2.05) is 34.5 Å². The summed E-state index contributed by atoms with van der Waals surface area (Å²) < 4.78 is 5.58. The van der Waals surface area contributed by atoms with Crippen LogP contribution in [0.25, 0.3) is 0 Å². The highest BCUT2D eigenvalue weighted by Gasteiger charge is 2.24. The van der Waals surface area contributed by atoms with Gasteiger partial charge in [0.05, 0.1) is 13.2 Å². The van der Waals surface area contributed by atoms with Gasteiger partial charge in [-0.2, -0.15) is 0 Å². The van der Waals surface area contributed by atoms with E-state index < -0.39 is 0 Å². The molecule has 1 aromatic heterocycles. The Morgan fingerprint density at radius 3 is 2.89 bits per heavy atom. The first kappa shape index (κ1) is 18.7. The third-order valence-corrected chi connectivity index (χ3v) is 5.98. The number of carbonyl (C=O) groups is 1. The SMILES string of the molecule is CC(CCc1ccccc1)N(Cc1nccs1)C(=O)c1ccc2c(c1)CCO2. The van der Waals surface area contributed by atoms with E-state index in [1.54, 1.807) is 17.5 Å². The van der Waals surface area contributed by atoms with E-state index in [2.05, 4.69) is 36.2 Å². The Bertz CT molecular complexity index is 925. The summed E-state index contributed by atoms with van der Waals surface area (Å²) in [6, 6.07) is 16.3. The van der Waals surface area contributed by atoms with Crippen LogP contribution in [-0.4, -0.2) is 28.4 Å². The average Bonchev–Trinajstić information content (AvgIpc) is 3.41. The van der Waals surface area contributed by atoms with Crippen LogP contribution < -0.4 is 4.74 Å². The second-order valence-corrected chi connectivity index (χ2v) is 8.13. The van der Waals surface area contributed by atoms with Crippen LogP contribution in [0.2, 0.25) is 0 Å². The molecule has 0 aliphatic carbocycles. The van der Waals surface area contributed by atoms with E-state index in [9.17, 15) is 4.79 Å². The quantitative estimate of drug-likeness (QED) is 0.583. The van der Waals surface area contributed by atoms with E-state index in [-0.39, 0.29) is 11.9 Å². The smallest absolute Gasteiger partial charge is 0.254 e. The number of aromatic nitrogens is 1. The second kappa shape index (κ2) is 8.57. The lowest BCUT2D eigenvalue weighted by Crippen LogP contribution is -2.38. The lowest BCUT2D eigenvalue weighted by molar-refractivity contribution is 0.0667. The summed E-state index contributed by atoms with van der Waals surface area (Å²) in [4.78, 5) is 19.7. The van der Waals surface area contributed by atoms with E-state index in [1.165, 1.54) is 5.56 Å². The molecule has 1 unspecified atom stereocenters. The Hall–Kier alpha value is -2.66. The maximum absolute atomic E-state index is 13.4. The van der Waals surface area contributed by atoms with Crippen LogP contribution in [0, 0.1) is 0 Å². The van der Waals surface area contributed by atoms with Gasteiger partial charge in [0.25, 0.3) is 5.91 Å². The number of hydrogen-bond acceptors (Lipinski definition) is 4. The third-order valence-electron chi connectivity index (χ3n) is 5.21. The Morgan fingerprint density at radius 1 is 1.25 bits per heavy atom. The number of amides is 1. The van der Waals surface area contributed by atoms with Gasteiger partial charge in [-0.3, -0.25) is 4.79 Å². The molecule has 1 aliphatic heterocycles. The van der Waals surface area contributed by atoms with Gasteiger partial charge in [-0.05, 0) is 49.1 Å². The monoisotopic (exact) mass is 392 g/mol. The fourth-order valence-corrected chi connectivity index (χ4v) is 4.18. The number of carbonyl (C=O) groups excluding carboxylic acids is 1. The topological polar surface area (TPSA) is 42.4 Å². The largest absolute Gasteiger partial charge is 0.493 e. The van der Waals surface area contributed by atoms with Crippen LogP contribution in [0.5, 0.6) is 5.75 Å². The van der Waals surface area contributed by atoms with Gasteiger partial charge in [0.15, 0.2) is 0 Å². The molecular weight excluding hydrogens is 368 g/mol. The normalized spacial score (nSPS) is 13.6. The molecule has 4 rings (SSSR count). The van der Waals surface area contributed by atoms with E-state index >= 15 is 0 Å². The molecule has 0 fully saturated rings. The minimum atomic E-state index is 0.0606. The summed E-state index contributed by atoms with van der Waals surface area (Å²) in [5.74, 6) is 0.964. The molecule has 0 spiro atoms. The van der Waals surface area contributed by atoms with Crippen molar-refractivity contribution in [2.45, 2.75) is 38.8 Å². The van der Waals surface area contributed by atoms with Gasteiger partial charge >= 0.3 is 0 Å². The number of aryl methyl sites for hydroxylation is 1. The molecule has 5 heteroatoms. The molecule has 144 valence electrons. The summed E-state index contributed by atoms with van der Waals surface area (Å²) in [6.07, 6.45) is 4.52. The highest BCUT2D eigenvalue weighted by Crippen LogP contribution is 2.27. The number of thiazole rings is 1. The van der Waals surface area contributed by atoms with Crippen LogP contribution in [-0.2, 0) is 19.4 Å². The summed E-state index contributed by atoms with van der Waals surface area (Å²) >= 11 is 1.59. The van der Waals surface area contributed by atoms with E-state index in [0.717, 1.165) is 41.1 Å². The summed E-state index contributed by atoms with van der Waals surface area (Å²) in [5.41, 5.74) is 3.15. The van der Waals surface area contributed by atoms with Gasteiger partial charge in [0, 0.05) is 29.6 Å². The maximum atomic E-state index is 13.4. The molecule has 2 heterocycles. The predicted octanol–water partition coefficient (Wildman–Crippen LogP) is 4.74. The van der Waals surface area contributed by atoms with Crippen molar-refractivity contribution < 1.29 is 9.53 Å². The molecule has 1 atom stereocenters. The van der Waals surface area contributed by atoms with Crippen molar-refractivity contribution in [3.63, 3.8) is 0 Å². The van der Waals surface area contributed by atoms with E-state index in [0.29, 0.717) is 13.2 Å². The summed E-state index contributed by atoms with van der Waals surface area (Å²) in [6.45, 7) is 3.37. The Labute approximate surface area is 169 Å². The lowest BCUT2D eigenvalue weighted by atomic mass is 10.0. The Balaban J connectivity index is 1.53. The van der Waals surface area contributed by atoms with Gasteiger partial charge in [0.1, 0.15) is 10.8 Å². The van der Waals surface area contributed by atoms with Crippen molar-refractivity contribution in [2.24, 2.45) is 0 Å². The lowest BCUT2D eigenvalue weighted by Gasteiger charge is -2.29. The number of rotatable bonds is 7. The number of benzene rings is 2. The van der Waals surface area contributed by atoms with Gasteiger partial charge < -0.3 is 9.64 Å². The zero-order chi connectivity index (χ0) is 19.3. The van der Waals surface area contributed by atoms with Gasteiger partial charge in [-0.1, -0.05) is 30.3 Å². The highest BCUT2D eigenvalue weighted by atomic mass is 32.1. The van der Waals surface area contributed by atoms with Crippen molar-refractivity contribution in [3.05, 3.63) is 81.8 Å². The van der Waals surface area contributed by atoms with Crippen LogP contribution in [0.15, 0.2) is 60.1 Å². The first-order valence-electron chi connectivity index (χ1n) is 9.69. The molecule has 4 nitrogen and oxygen atoms in total. The molecule has 1 aliphatic rings. The molecule has 28 heavy (non-hydrogen) atoms. The minimum absolute atomic E-state index is 0.0606. The van der Waals surface area contributed by atoms with E-state index in [4.69, 9.17) is 4.74 Å². The minimum Gasteiger partial charge on any atom is -0.493 e. The molecule has 1 amide bonds. The fraction of sp³-hybridized carbons (Fsp3) is 0.304. The zero-order valence-corrected chi connectivity index (χ0v) is 16.8. The summed E-state index contributed by atoms with van der Waals surface area (Å²) in [7, 11) is 0. The van der Waals surface area contributed by atoms with Crippen molar-refractivity contribution in [1.29, 1.82) is 0 Å². The zero-order valence-electron chi connectivity index (χ0n) is 16.0. The molecule has 0 N–H and O–H groups in total. The van der Waals surface area contributed by atoms with Gasteiger partial charge in [0.2, 0.25) is 0 Å². The second-order valence-electron chi connectivity index (χ2n) is 7.15. The molecule has 0 radical (unpaired) electrons. The Kier molecular flexibility index (Phi) is 5.72. The van der Waals surface area contributed by atoms with Crippen LogP contribution >= 0.6 is 11.3 Å². The van der Waals surface area contributed by atoms with Crippen molar-refractivity contribution in [3.8, 4) is 5.75 Å². The Morgan fingerprint density at radius 2 is 2.11 bits per heavy atom. The molecule has 0 saturated heterocycles. The van der Waals surface area contributed by atoms with Gasteiger partial charge in [-0.25, -0.2) is 4.98 Å². The molecule has 3 aromatic rings. The van der Waals surface area contributed by atoms with Crippen molar-refractivity contribution >= 4 is 17.2 Å². The maximum Gasteiger partial charge on any atom is 0.254 e. The molecule has 0 saturated carbocycles. The number of hydrogen-bond donors (Lipinski definition) is 0. The van der Waals surface area contributed by atoms with Gasteiger partial charge in [-0.15, -0.1) is 11.3 Å². The number of ether oxygens (including phenoxy) is 1.